The average Bonchev–Trinajstić information content (AvgIpc) is 3.63. The number of carbonyl (C=O) groups excluding carboxylic acids is 2. The number of para-hydroxylation sites is 1. The summed E-state index contributed by atoms with van der Waals surface area (Å²) < 4.78 is 13.7. The Bertz CT molecular complexity index is 1680. The van der Waals surface area contributed by atoms with Gasteiger partial charge in [-0.05, 0) is 80.0 Å². The van der Waals surface area contributed by atoms with E-state index in [0.29, 0.717) is 32.7 Å². The molecule has 8 nitrogen and oxygen atoms in total. The number of H-pyrrole nitrogens is 1. The van der Waals surface area contributed by atoms with Crippen molar-refractivity contribution in [2.24, 2.45) is 0 Å². The van der Waals surface area contributed by atoms with Crippen molar-refractivity contribution < 1.29 is 14.0 Å². The number of aryl methyl sites for hydroxylation is 1. The van der Waals surface area contributed by atoms with Gasteiger partial charge in [-0.2, -0.15) is 0 Å². The molecule has 1 aromatic heterocycles. The summed E-state index contributed by atoms with van der Waals surface area (Å²) in [5, 5.41) is 4.22. The van der Waals surface area contributed by atoms with Gasteiger partial charge >= 0.3 is 6.03 Å². The molecular formula is C35H41FN6O2. The van der Waals surface area contributed by atoms with Gasteiger partial charge in [0.1, 0.15) is 11.9 Å². The Kier molecular flexibility index (Phi) is 8.31. The largest absolute Gasteiger partial charge is 0.368 e. The third-order valence-electron chi connectivity index (χ3n) is 9.03. The monoisotopic (exact) mass is 596 g/mol. The first-order valence-electron chi connectivity index (χ1n) is 15.4. The van der Waals surface area contributed by atoms with E-state index < -0.39 is 6.04 Å². The summed E-state index contributed by atoms with van der Waals surface area (Å²) in [6, 6.07) is 18.2. The van der Waals surface area contributed by atoms with Gasteiger partial charge in [0.2, 0.25) is 5.91 Å². The molecule has 0 unspecified atom stereocenters. The number of aromatic amines is 1. The summed E-state index contributed by atoms with van der Waals surface area (Å²) in [6.07, 6.45) is 2.74. The third kappa shape index (κ3) is 5.88. The molecule has 4 aromatic rings. The molecule has 2 aliphatic heterocycles. The Morgan fingerprint density at radius 1 is 0.977 bits per heavy atom. The molecule has 3 amide bonds. The average molecular weight is 597 g/mol. The van der Waals surface area contributed by atoms with E-state index in [0.717, 1.165) is 57.5 Å². The molecule has 0 spiro atoms. The van der Waals surface area contributed by atoms with Crippen LogP contribution in [0.1, 0.15) is 35.1 Å². The van der Waals surface area contributed by atoms with Crippen LogP contribution in [-0.2, 0) is 17.8 Å². The second kappa shape index (κ2) is 12.3. The second-order valence-corrected chi connectivity index (χ2v) is 12.4. The van der Waals surface area contributed by atoms with Crippen molar-refractivity contribution in [2.75, 3.05) is 56.6 Å². The molecule has 2 N–H and O–H groups in total. The van der Waals surface area contributed by atoms with E-state index in [1.807, 2.05) is 57.2 Å². The Morgan fingerprint density at radius 2 is 1.75 bits per heavy atom. The van der Waals surface area contributed by atoms with Crippen molar-refractivity contribution in [3.8, 4) is 0 Å². The van der Waals surface area contributed by atoms with Gasteiger partial charge in [-0.25, -0.2) is 9.18 Å². The Balaban J connectivity index is 1.24. The molecule has 3 aromatic carbocycles. The van der Waals surface area contributed by atoms with Crippen LogP contribution in [0.15, 0.2) is 66.9 Å². The van der Waals surface area contributed by atoms with E-state index in [9.17, 15) is 14.0 Å². The summed E-state index contributed by atoms with van der Waals surface area (Å²) in [5.41, 5.74) is 7.08. The summed E-state index contributed by atoms with van der Waals surface area (Å²) in [5.74, 6) is -0.629. The molecule has 1 fully saturated rings. The topological polar surface area (TPSA) is 74.9 Å². The van der Waals surface area contributed by atoms with Gasteiger partial charge in [-0.3, -0.25) is 4.79 Å². The van der Waals surface area contributed by atoms with Crippen molar-refractivity contribution in [1.82, 2.24) is 20.1 Å². The van der Waals surface area contributed by atoms with Crippen LogP contribution in [0.3, 0.4) is 0 Å². The number of hydrogen-bond acceptors (Lipinski definition) is 4. The Labute approximate surface area is 258 Å². The van der Waals surface area contributed by atoms with Gasteiger partial charge in [0.15, 0.2) is 0 Å². The molecule has 2 aliphatic rings. The highest BCUT2D eigenvalue weighted by molar-refractivity contribution is 6.02. The standard InChI is InChI=1S/C35H41FN6O2/c1-23-19-27(36)11-12-31(23)40-15-17-41(18-16-40)35(44)38-33(24(2)29-21-37-30-8-6-5-7-28(29)30)34(43)42-14-13-26-10-9-25(20-32(26)42)22-39(3)4/h5-12,19-21,24,33,37H,13-18,22H2,1-4H3,(H,38,44)/t24-,33-/m1/s1. The van der Waals surface area contributed by atoms with Crippen LogP contribution >= 0.6 is 0 Å². The molecule has 0 radical (unpaired) electrons. The summed E-state index contributed by atoms with van der Waals surface area (Å²) in [7, 11) is 4.07. The van der Waals surface area contributed by atoms with E-state index in [2.05, 4.69) is 44.4 Å². The van der Waals surface area contributed by atoms with Crippen LogP contribution < -0.4 is 15.1 Å². The predicted molar refractivity (Wildman–Crippen MR) is 174 cm³/mol. The van der Waals surface area contributed by atoms with Gasteiger partial charge in [0.25, 0.3) is 0 Å². The van der Waals surface area contributed by atoms with Gasteiger partial charge in [-0.1, -0.05) is 37.3 Å². The lowest BCUT2D eigenvalue weighted by molar-refractivity contribution is -0.120. The summed E-state index contributed by atoms with van der Waals surface area (Å²) in [6.45, 7) is 7.56. The van der Waals surface area contributed by atoms with Crippen LogP contribution in [0, 0.1) is 12.7 Å². The number of benzene rings is 3. The molecule has 0 bridgehead atoms. The van der Waals surface area contributed by atoms with E-state index in [1.165, 1.54) is 12.1 Å². The number of rotatable bonds is 7. The SMILES string of the molecule is Cc1cc(F)ccc1N1CCN(C(=O)N[C@@H](C(=O)N2CCc3ccc(CN(C)C)cc32)[C@H](C)c2c[nH]c3ccccc23)CC1. The molecule has 1 saturated heterocycles. The van der Waals surface area contributed by atoms with Gasteiger partial charge in [0, 0.05) is 73.7 Å². The first-order chi connectivity index (χ1) is 21.2. The number of fused-ring (bicyclic) bond motifs is 2. The minimum atomic E-state index is -0.762. The predicted octanol–water partition coefficient (Wildman–Crippen LogP) is 5.27. The normalized spacial score (nSPS) is 16.4. The fourth-order valence-corrected chi connectivity index (χ4v) is 6.68. The second-order valence-electron chi connectivity index (χ2n) is 12.4. The van der Waals surface area contributed by atoms with Crippen LogP contribution in [0.2, 0.25) is 0 Å². The highest BCUT2D eigenvalue weighted by atomic mass is 19.1. The van der Waals surface area contributed by atoms with Gasteiger partial charge in [0.05, 0.1) is 0 Å². The molecule has 0 aliphatic carbocycles. The van der Waals surface area contributed by atoms with E-state index in [-0.39, 0.29) is 23.7 Å². The minimum absolute atomic E-state index is 0.0996. The lowest BCUT2D eigenvalue weighted by Crippen LogP contribution is -2.57. The van der Waals surface area contributed by atoms with Crippen molar-refractivity contribution >= 4 is 34.2 Å². The zero-order chi connectivity index (χ0) is 31.0. The molecule has 3 heterocycles. The zero-order valence-electron chi connectivity index (χ0n) is 25.9. The zero-order valence-corrected chi connectivity index (χ0v) is 25.9. The van der Waals surface area contributed by atoms with Crippen molar-refractivity contribution in [2.45, 2.75) is 38.8 Å². The summed E-state index contributed by atoms with van der Waals surface area (Å²) in [4.78, 5) is 39.5. The van der Waals surface area contributed by atoms with Crippen LogP contribution in [-0.4, -0.2) is 79.6 Å². The number of hydrogen-bond donors (Lipinski definition) is 2. The van der Waals surface area contributed by atoms with Gasteiger partial charge < -0.3 is 29.9 Å². The van der Waals surface area contributed by atoms with Crippen molar-refractivity contribution in [3.63, 3.8) is 0 Å². The fraction of sp³-hybridized carbons (Fsp3) is 0.371. The number of urea groups is 1. The minimum Gasteiger partial charge on any atom is -0.368 e. The molecule has 230 valence electrons. The maximum atomic E-state index is 14.5. The van der Waals surface area contributed by atoms with E-state index in [1.54, 1.807) is 11.0 Å². The Hall–Kier alpha value is -4.37. The number of anilines is 2. The van der Waals surface area contributed by atoms with Crippen LogP contribution in [0.4, 0.5) is 20.6 Å². The number of carbonyl (C=O) groups is 2. The number of aromatic nitrogens is 1. The first kappa shape index (κ1) is 29.7. The van der Waals surface area contributed by atoms with Crippen molar-refractivity contribution in [3.05, 3.63) is 94.9 Å². The number of piperazine rings is 1. The van der Waals surface area contributed by atoms with E-state index in [4.69, 9.17) is 0 Å². The maximum absolute atomic E-state index is 14.5. The molecule has 2 atom stereocenters. The molecule has 9 heteroatoms. The quantitative estimate of drug-likeness (QED) is 0.305. The third-order valence-corrected chi connectivity index (χ3v) is 9.03. The smallest absolute Gasteiger partial charge is 0.318 e. The number of halogens is 1. The van der Waals surface area contributed by atoms with Crippen LogP contribution in [0.5, 0.6) is 0 Å². The number of nitrogens with zero attached hydrogens (tertiary/aromatic N) is 4. The molecular weight excluding hydrogens is 555 g/mol. The molecule has 0 saturated carbocycles. The highest BCUT2D eigenvalue weighted by Gasteiger charge is 2.37. The van der Waals surface area contributed by atoms with E-state index >= 15 is 0 Å². The number of nitrogens with one attached hydrogen (secondary N) is 2. The lowest BCUT2D eigenvalue weighted by Gasteiger charge is -2.38. The molecule has 44 heavy (non-hydrogen) atoms. The Morgan fingerprint density at radius 3 is 2.50 bits per heavy atom. The number of amides is 3. The summed E-state index contributed by atoms with van der Waals surface area (Å²) >= 11 is 0. The lowest BCUT2D eigenvalue weighted by atomic mass is 9.91. The van der Waals surface area contributed by atoms with Crippen LogP contribution in [0.25, 0.3) is 10.9 Å². The highest BCUT2D eigenvalue weighted by Crippen LogP contribution is 2.34. The fourth-order valence-electron chi connectivity index (χ4n) is 6.68. The first-order valence-corrected chi connectivity index (χ1v) is 15.4. The van der Waals surface area contributed by atoms with Crippen molar-refractivity contribution in [1.29, 1.82) is 0 Å². The van der Waals surface area contributed by atoms with Gasteiger partial charge in [-0.15, -0.1) is 0 Å². The maximum Gasteiger partial charge on any atom is 0.318 e. The molecule has 6 rings (SSSR count).